The van der Waals surface area contributed by atoms with Crippen molar-refractivity contribution in [3.05, 3.63) is 54.2 Å². The molecule has 1 N–H and O–H groups in total. The molecule has 1 aromatic heterocycles. The standard InChI is InChI=1S/C17H20FN3O2.ClH/c18-14-3-5-15(6-4-14)21-9-7-20(8-10-21)13-17(22)19-12-16-2-1-11-23-16;/h1-6,11H,7-10,12-13H2,(H,19,22);1H. The van der Waals surface area contributed by atoms with Crippen molar-refractivity contribution in [1.29, 1.82) is 0 Å². The molecule has 2 heterocycles. The molecular weight excluding hydrogens is 333 g/mol. The van der Waals surface area contributed by atoms with Gasteiger partial charge < -0.3 is 14.6 Å². The summed E-state index contributed by atoms with van der Waals surface area (Å²) in [5.74, 6) is 0.525. The maximum atomic E-state index is 13.0. The Bertz CT molecular complexity index is 626. The topological polar surface area (TPSA) is 48.7 Å². The Kier molecular flexibility index (Phi) is 6.63. The highest BCUT2D eigenvalue weighted by Gasteiger charge is 2.19. The highest BCUT2D eigenvalue weighted by molar-refractivity contribution is 5.85. The zero-order valence-corrected chi connectivity index (χ0v) is 14.1. The van der Waals surface area contributed by atoms with E-state index in [2.05, 4.69) is 15.1 Å². The first-order valence-electron chi connectivity index (χ1n) is 7.73. The molecule has 5 nitrogen and oxygen atoms in total. The second-order valence-electron chi connectivity index (χ2n) is 5.60. The number of rotatable bonds is 5. The fourth-order valence-corrected chi connectivity index (χ4v) is 2.67. The maximum absolute atomic E-state index is 13.0. The number of carbonyl (C=O) groups is 1. The number of benzene rings is 1. The number of piperazine rings is 1. The number of amides is 1. The summed E-state index contributed by atoms with van der Waals surface area (Å²) < 4.78 is 18.1. The molecule has 1 fully saturated rings. The van der Waals surface area contributed by atoms with Crippen molar-refractivity contribution in [2.24, 2.45) is 0 Å². The number of halogens is 2. The van der Waals surface area contributed by atoms with E-state index in [9.17, 15) is 9.18 Å². The predicted molar refractivity (Wildman–Crippen MR) is 92.9 cm³/mol. The van der Waals surface area contributed by atoms with Crippen molar-refractivity contribution in [3.63, 3.8) is 0 Å². The number of nitrogens with zero attached hydrogens (tertiary/aromatic N) is 2. The molecule has 0 atom stereocenters. The molecule has 130 valence electrons. The summed E-state index contributed by atoms with van der Waals surface area (Å²) in [4.78, 5) is 16.3. The van der Waals surface area contributed by atoms with Crippen LogP contribution in [0.4, 0.5) is 10.1 Å². The predicted octanol–water partition coefficient (Wildman–Crippen LogP) is 2.28. The third kappa shape index (κ3) is 4.97. The van der Waals surface area contributed by atoms with Crippen LogP contribution in [0.15, 0.2) is 47.1 Å². The summed E-state index contributed by atoms with van der Waals surface area (Å²) in [6.45, 7) is 4.09. The van der Waals surface area contributed by atoms with Crippen LogP contribution in [0.25, 0.3) is 0 Å². The largest absolute Gasteiger partial charge is 0.467 e. The highest BCUT2D eigenvalue weighted by Crippen LogP contribution is 2.16. The maximum Gasteiger partial charge on any atom is 0.234 e. The minimum absolute atomic E-state index is 0. The van der Waals surface area contributed by atoms with Crippen LogP contribution in [0, 0.1) is 5.82 Å². The Balaban J connectivity index is 0.00000208. The average Bonchev–Trinajstić information content (AvgIpc) is 3.08. The Morgan fingerprint density at radius 3 is 2.46 bits per heavy atom. The van der Waals surface area contributed by atoms with Crippen molar-refractivity contribution >= 4 is 24.0 Å². The van der Waals surface area contributed by atoms with Gasteiger partial charge in [0.05, 0.1) is 19.4 Å². The number of hydrogen-bond donors (Lipinski definition) is 1. The van der Waals surface area contributed by atoms with Crippen LogP contribution in [-0.2, 0) is 11.3 Å². The average molecular weight is 354 g/mol. The molecule has 0 saturated carbocycles. The van der Waals surface area contributed by atoms with Gasteiger partial charge in [-0.3, -0.25) is 9.69 Å². The van der Waals surface area contributed by atoms with Crippen molar-refractivity contribution in [3.8, 4) is 0 Å². The van der Waals surface area contributed by atoms with E-state index in [1.54, 1.807) is 24.5 Å². The molecule has 0 unspecified atom stereocenters. The van der Waals surface area contributed by atoms with E-state index in [-0.39, 0.29) is 24.1 Å². The molecule has 7 heteroatoms. The summed E-state index contributed by atoms with van der Waals surface area (Å²) in [6, 6.07) is 10.2. The third-order valence-electron chi connectivity index (χ3n) is 3.97. The number of anilines is 1. The molecule has 1 aliphatic rings. The third-order valence-corrected chi connectivity index (χ3v) is 3.97. The summed E-state index contributed by atoms with van der Waals surface area (Å²) in [5.41, 5.74) is 1.02. The molecule has 1 aromatic carbocycles. The number of nitrogens with one attached hydrogen (secondary N) is 1. The van der Waals surface area contributed by atoms with E-state index < -0.39 is 0 Å². The first-order chi connectivity index (χ1) is 11.2. The molecule has 0 spiro atoms. The van der Waals surface area contributed by atoms with Gasteiger partial charge in [-0.15, -0.1) is 12.4 Å². The van der Waals surface area contributed by atoms with Crippen LogP contribution in [-0.4, -0.2) is 43.5 Å². The number of furan rings is 1. The van der Waals surface area contributed by atoms with E-state index in [0.717, 1.165) is 37.6 Å². The minimum Gasteiger partial charge on any atom is -0.467 e. The molecule has 1 aliphatic heterocycles. The Labute approximate surface area is 146 Å². The highest BCUT2D eigenvalue weighted by atomic mass is 35.5. The summed E-state index contributed by atoms with van der Waals surface area (Å²) in [7, 11) is 0. The van der Waals surface area contributed by atoms with Gasteiger partial charge in [0.15, 0.2) is 0 Å². The van der Waals surface area contributed by atoms with E-state index in [1.165, 1.54) is 12.1 Å². The van der Waals surface area contributed by atoms with E-state index in [0.29, 0.717) is 13.1 Å². The number of carbonyl (C=O) groups excluding carboxylic acids is 1. The smallest absolute Gasteiger partial charge is 0.234 e. The van der Waals surface area contributed by atoms with Gasteiger partial charge in [0, 0.05) is 31.9 Å². The molecule has 1 amide bonds. The van der Waals surface area contributed by atoms with Crippen molar-refractivity contribution in [1.82, 2.24) is 10.2 Å². The minimum atomic E-state index is -0.222. The first kappa shape index (κ1) is 18.3. The Hall–Kier alpha value is -2.05. The molecule has 24 heavy (non-hydrogen) atoms. The fourth-order valence-electron chi connectivity index (χ4n) is 2.67. The summed E-state index contributed by atoms with van der Waals surface area (Å²) in [6.07, 6.45) is 1.59. The zero-order valence-electron chi connectivity index (χ0n) is 13.3. The van der Waals surface area contributed by atoms with Crippen LogP contribution in [0.1, 0.15) is 5.76 Å². The first-order valence-corrected chi connectivity index (χ1v) is 7.73. The summed E-state index contributed by atoms with van der Waals surface area (Å²) >= 11 is 0. The van der Waals surface area contributed by atoms with E-state index in [1.807, 2.05) is 6.07 Å². The van der Waals surface area contributed by atoms with Gasteiger partial charge in [-0.2, -0.15) is 0 Å². The molecule has 2 aromatic rings. The monoisotopic (exact) mass is 353 g/mol. The lowest BCUT2D eigenvalue weighted by molar-refractivity contribution is -0.122. The van der Waals surface area contributed by atoms with Gasteiger partial charge in [0.1, 0.15) is 11.6 Å². The normalized spacial score (nSPS) is 15.0. The molecular formula is C17H21ClFN3O2. The lowest BCUT2D eigenvalue weighted by atomic mass is 10.2. The fraction of sp³-hybridized carbons (Fsp3) is 0.353. The van der Waals surface area contributed by atoms with Gasteiger partial charge in [-0.25, -0.2) is 4.39 Å². The Morgan fingerprint density at radius 2 is 1.83 bits per heavy atom. The zero-order chi connectivity index (χ0) is 16.1. The van der Waals surface area contributed by atoms with Gasteiger partial charge in [-0.1, -0.05) is 0 Å². The molecule has 0 bridgehead atoms. The second-order valence-corrected chi connectivity index (χ2v) is 5.60. The summed E-state index contributed by atoms with van der Waals surface area (Å²) in [5, 5.41) is 2.85. The molecule has 1 saturated heterocycles. The quantitative estimate of drug-likeness (QED) is 0.896. The van der Waals surface area contributed by atoms with Gasteiger partial charge in [0.2, 0.25) is 5.91 Å². The van der Waals surface area contributed by atoms with Crippen molar-refractivity contribution in [2.45, 2.75) is 6.54 Å². The van der Waals surface area contributed by atoms with Crippen LogP contribution in [0.2, 0.25) is 0 Å². The lowest BCUT2D eigenvalue weighted by Gasteiger charge is -2.35. The second kappa shape index (κ2) is 8.70. The Morgan fingerprint density at radius 1 is 1.12 bits per heavy atom. The molecule has 0 aliphatic carbocycles. The molecule has 0 radical (unpaired) electrons. The van der Waals surface area contributed by atoms with Gasteiger partial charge in [0.25, 0.3) is 0 Å². The lowest BCUT2D eigenvalue weighted by Crippen LogP contribution is -2.49. The van der Waals surface area contributed by atoms with Crippen molar-refractivity contribution < 1.29 is 13.6 Å². The number of hydrogen-bond acceptors (Lipinski definition) is 4. The van der Waals surface area contributed by atoms with Crippen LogP contribution < -0.4 is 10.2 Å². The van der Waals surface area contributed by atoms with Gasteiger partial charge in [-0.05, 0) is 36.4 Å². The van der Waals surface area contributed by atoms with E-state index >= 15 is 0 Å². The van der Waals surface area contributed by atoms with Crippen LogP contribution in [0.5, 0.6) is 0 Å². The van der Waals surface area contributed by atoms with E-state index in [4.69, 9.17) is 4.42 Å². The molecule has 3 rings (SSSR count). The van der Waals surface area contributed by atoms with Crippen molar-refractivity contribution in [2.75, 3.05) is 37.6 Å². The van der Waals surface area contributed by atoms with Crippen LogP contribution in [0.3, 0.4) is 0 Å². The van der Waals surface area contributed by atoms with Crippen LogP contribution >= 0.6 is 12.4 Å². The van der Waals surface area contributed by atoms with Gasteiger partial charge >= 0.3 is 0 Å². The SMILES string of the molecule is Cl.O=C(CN1CCN(c2ccc(F)cc2)CC1)NCc1ccco1.